The van der Waals surface area contributed by atoms with Gasteiger partial charge in [0.1, 0.15) is 91.6 Å². The van der Waals surface area contributed by atoms with Gasteiger partial charge in [0.25, 0.3) is 0 Å². The van der Waals surface area contributed by atoms with Crippen LogP contribution in [0, 0.1) is 52.3 Å². The smallest absolute Gasteiger partial charge is 0.187 e. The fourth-order valence-electron chi connectivity index (χ4n) is 15.9. The SMILES string of the molecule is C[C@H]1CCC2(OC1)OC1CC3C4CC[C@H]5CC(O[C@@H]6OC(CO)[C@H](O[C@@H]7OC(CO)[C@@H](O)[C@H](O[C@@H]8OC[C@@H](O)[C@H](O)C8O)C7OC7OC(CO)C(O)[C@@H](O)[C@@H]7O)[C@H](O)C6O)CC[C@]5(C)C4CC[C@]3(C)C1[C@@H]2C. The average molecular weight is 1040 g/mol. The lowest BCUT2D eigenvalue weighted by Gasteiger charge is -2.61. The zero-order chi connectivity index (χ0) is 51.3. The van der Waals surface area contributed by atoms with Crippen molar-refractivity contribution in [1.82, 2.24) is 0 Å². The second-order valence-corrected chi connectivity index (χ2v) is 23.9. The molecule has 10 fully saturated rings. The van der Waals surface area contributed by atoms with E-state index in [0.717, 1.165) is 51.6 Å². The highest BCUT2D eigenvalue weighted by Crippen LogP contribution is 2.71. The van der Waals surface area contributed by atoms with E-state index in [1.54, 1.807) is 0 Å². The summed E-state index contributed by atoms with van der Waals surface area (Å²) in [5.41, 5.74) is 0.293. The molecule has 1 spiro atoms. The Morgan fingerprint density at radius 3 is 1.85 bits per heavy atom. The highest BCUT2D eigenvalue weighted by atomic mass is 16.8. The maximum atomic E-state index is 11.8. The third-order valence-corrected chi connectivity index (χ3v) is 20.0. The first kappa shape index (κ1) is 54.5. The Kier molecular flexibility index (Phi) is 15.9. The van der Waals surface area contributed by atoms with Gasteiger partial charge in [-0.3, -0.25) is 0 Å². The molecule has 0 amide bonds. The zero-order valence-electron chi connectivity index (χ0n) is 41.7. The summed E-state index contributed by atoms with van der Waals surface area (Å²) in [4.78, 5) is 0. The van der Waals surface area contributed by atoms with Gasteiger partial charge in [0, 0.05) is 12.3 Å². The monoisotopic (exact) mass is 1030 g/mol. The van der Waals surface area contributed by atoms with Gasteiger partial charge in [-0.25, -0.2) is 0 Å². The summed E-state index contributed by atoms with van der Waals surface area (Å²) >= 11 is 0. The number of rotatable bonds is 11. The number of aliphatic hydroxyl groups excluding tert-OH is 12. The van der Waals surface area contributed by atoms with Crippen LogP contribution < -0.4 is 0 Å². The molecule has 0 radical (unpaired) electrons. The van der Waals surface area contributed by atoms with Crippen LogP contribution in [-0.4, -0.2) is 229 Å². The van der Waals surface area contributed by atoms with Gasteiger partial charge in [-0.1, -0.05) is 27.7 Å². The Morgan fingerprint density at radius 2 is 1.14 bits per heavy atom. The molecule has 10 aliphatic rings. The molecule has 22 heteroatoms. The van der Waals surface area contributed by atoms with E-state index in [0.29, 0.717) is 47.8 Å². The van der Waals surface area contributed by atoms with Crippen molar-refractivity contribution in [2.24, 2.45) is 52.3 Å². The van der Waals surface area contributed by atoms with Crippen LogP contribution in [0.15, 0.2) is 0 Å². The number of hydrogen-bond donors (Lipinski definition) is 12. The molecule has 0 aromatic heterocycles. The van der Waals surface area contributed by atoms with Gasteiger partial charge in [-0.2, -0.15) is 0 Å². The third kappa shape index (κ3) is 9.26. The molecule has 72 heavy (non-hydrogen) atoms. The lowest BCUT2D eigenvalue weighted by Crippen LogP contribution is -2.68. The Bertz CT molecular complexity index is 1830. The van der Waals surface area contributed by atoms with Crippen LogP contribution in [0.2, 0.25) is 0 Å². The molecule has 12 N–H and O–H groups in total. The Morgan fingerprint density at radius 1 is 0.514 bits per heavy atom. The molecule has 10 rings (SSSR count). The number of ether oxygens (including phenoxy) is 10. The first-order chi connectivity index (χ1) is 34.3. The summed E-state index contributed by atoms with van der Waals surface area (Å²) in [7, 11) is 0. The van der Waals surface area contributed by atoms with E-state index < -0.39 is 149 Å². The van der Waals surface area contributed by atoms with Crippen molar-refractivity contribution in [3.05, 3.63) is 0 Å². The Balaban J connectivity index is 0.812. The molecule has 0 aromatic rings. The minimum atomic E-state index is -2.00. The van der Waals surface area contributed by atoms with Crippen LogP contribution >= 0.6 is 0 Å². The molecule has 414 valence electrons. The highest BCUT2D eigenvalue weighted by Gasteiger charge is 2.69. The molecule has 6 aliphatic heterocycles. The van der Waals surface area contributed by atoms with E-state index in [4.69, 9.17) is 47.4 Å². The van der Waals surface area contributed by atoms with Gasteiger partial charge in [-0.15, -0.1) is 0 Å². The van der Waals surface area contributed by atoms with E-state index in [-0.39, 0.29) is 23.0 Å². The van der Waals surface area contributed by atoms with Gasteiger partial charge in [-0.05, 0) is 104 Å². The zero-order valence-corrected chi connectivity index (χ0v) is 41.7. The summed E-state index contributed by atoms with van der Waals surface area (Å²) in [6, 6.07) is 0. The van der Waals surface area contributed by atoms with Crippen LogP contribution in [0.1, 0.15) is 91.9 Å². The van der Waals surface area contributed by atoms with Crippen molar-refractivity contribution >= 4 is 0 Å². The van der Waals surface area contributed by atoms with Crippen LogP contribution in [0.3, 0.4) is 0 Å². The molecule has 0 bridgehead atoms. The van der Waals surface area contributed by atoms with E-state index in [1.165, 1.54) is 12.8 Å². The number of aliphatic hydroxyl groups is 12. The molecule has 31 atom stereocenters. The summed E-state index contributed by atoms with van der Waals surface area (Å²) in [5.74, 6) is 3.06. The second-order valence-electron chi connectivity index (χ2n) is 23.9. The predicted molar refractivity (Wildman–Crippen MR) is 242 cm³/mol. The molecule has 0 aromatic carbocycles. The molecule has 4 saturated carbocycles. The highest BCUT2D eigenvalue weighted by molar-refractivity contribution is 5.15. The van der Waals surface area contributed by atoms with Gasteiger partial charge in [0.15, 0.2) is 30.9 Å². The van der Waals surface area contributed by atoms with Crippen LogP contribution in [0.25, 0.3) is 0 Å². The largest absolute Gasteiger partial charge is 0.394 e. The first-order valence-corrected chi connectivity index (χ1v) is 26.7. The van der Waals surface area contributed by atoms with Gasteiger partial charge >= 0.3 is 0 Å². The van der Waals surface area contributed by atoms with E-state index in [1.807, 2.05) is 0 Å². The lowest BCUT2D eigenvalue weighted by molar-refractivity contribution is -0.404. The van der Waals surface area contributed by atoms with Crippen molar-refractivity contribution in [2.75, 3.05) is 33.0 Å². The maximum Gasteiger partial charge on any atom is 0.187 e. The average Bonchev–Trinajstić information content (AvgIpc) is 3.82. The normalized spacial score (nSPS) is 57.8. The predicted octanol–water partition coefficient (Wildman–Crippen LogP) is -2.27. The second kappa shape index (κ2) is 21.1. The summed E-state index contributed by atoms with van der Waals surface area (Å²) in [5, 5.41) is 129. The molecular formula is C50H82O22. The first-order valence-electron chi connectivity index (χ1n) is 26.7. The minimum absolute atomic E-state index is 0.0916. The quantitative estimate of drug-likeness (QED) is 0.0971. The molecule has 6 saturated heterocycles. The molecule has 22 nitrogen and oxygen atoms in total. The van der Waals surface area contributed by atoms with E-state index in [2.05, 4.69) is 27.7 Å². The molecule has 15 unspecified atom stereocenters. The third-order valence-electron chi connectivity index (χ3n) is 20.0. The van der Waals surface area contributed by atoms with E-state index in [9.17, 15) is 61.3 Å². The van der Waals surface area contributed by atoms with E-state index >= 15 is 0 Å². The fraction of sp³-hybridized carbons (Fsp3) is 1.00. The fourth-order valence-corrected chi connectivity index (χ4v) is 15.9. The van der Waals surface area contributed by atoms with Gasteiger partial charge < -0.3 is 109 Å². The topological polar surface area (TPSA) is 335 Å². The van der Waals surface area contributed by atoms with Crippen LogP contribution in [0.5, 0.6) is 0 Å². The van der Waals surface area contributed by atoms with Crippen molar-refractivity contribution in [1.29, 1.82) is 0 Å². The summed E-state index contributed by atoms with van der Waals surface area (Å²) < 4.78 is 61.4. The standard InChI is InChI=1S/C50H82O22/c1-20-7-12-50(64-18-20)21(2)32-28(72-50)14-26-24-6-5-22-13-23(8-10-48(22,3)25(24)9-11-49(26,32)4)65-45-40(62)37(59)41(31(17-53)68-45)69-47-43(71-46-39(61)36(58)34(56)29(15-51)66-46)42(35(57)30(16-52)67-47)70-44-38(60)33(55)27(54)19-63-44/h20-47,51-62H,5-19H2,1-4H3/t20-,21-,22-,23?,24?,25?,26?,27+,28?,29?,30?,31?,32?,33-,34?,35+,36+,37+,38?,39-,40?,41-,42-,43?,44-,45+,46?,47-,48-,49-,50?/m0/s1. The Hall–Kier alpha value is -0.880. The van der Waals surface area contributed by atoms with Crippen molar-refractivity contribution in [3.8, 4) is 0 Å². The van der Waals surface area contributed by atoms with Crippen molar-refractivity contribution < 1.29 is 109 Å². The Labute approximate surface area is 419 Å². The van der Waals surface area contributed by atoms with Crippen molar-refractivity contribution in [3.63, 3.8) is 0 Å². The molecular weight excluding hydrogens is 953 g/mol. The van der Waals surface area contributed by atoms with Gasteiger partial charge in [0.05, 0.1) is 45.2 Å². The number of fused-ring (bicyclic) bond motifs is 7. The summed E-state index contributed by atoms with van der Waals surface area (Å²) in [6.07, 6.45) is -22.9. The van der Waals surface area contributed by atoms with Crippen molar-refractivity contribution in [2.45, 2.75) is 227 Å². The lowest BCUT2D eigenvalue weighted by atomic mass is 9.44. The molecule has 6 heterocycles. The van der Waals surface area contributed by atoms with Gasteiger partial charge in [0.2, 0.25) is 0 Å². The van der Waals surface area contributed by atoms with Crippen LogP contribution in [-0.2, 0) is 47.4 Å². The van der Waals surface area contributed by atoms with Crippen LogP contribution in [0.4, 0.5) is 0 Å². The minimum Gasteiger partial charge on any atom is -0.394 e. The summed E-state index contributed by atoms with van der Waals surface area (Å²) in [6.45, 7) is 7.42. The molecule has 4 aliphatic carbocycles. The number of hydrogen-bond acceptors (Lipinski definition) is 22. The maximum absolute atomic E-state index is 11.8.